The Labute approximate surface area is 304 Å². The van der Waals surface area contributed by atoms with Gasteiger partial charge >= 0.3 is 17.9 Å². The van der Waals surface area contributed by atoms with Gasteiger partial charge in [-0.3, -0.25) is 18.6 Å². The molecule has 0 spiro atoms. The van der Waals surface area contributed by atoms with E-state index in [1.54, 1.807) is 12.1 Å². The van der Waals surface area contributed by atoms with Crippen molar-refractivity contribution in [3.63, 3.8) is 0 Å². The Morgan fingerprint density at radius 1 is 0.596 bits per heavy atom. The van der Waals surface area contributed by atoms with Crippen molar-refractivity contribution in [3.05, 3.63) is 95.1 Å². The van der Waals surface area contributed by atoms with Gasteiger partial charge in [0.05, 0.1) is 25.9 Å². The molecule has 6 N–H and O–H groups in total. The number of benzene rings is 3. The Morgan fingerprint density at radius 2 is 1.00 bits per heavy atom. The molecule has 2 atom stereocenters. The van der Waals surface area contributed by atoms with E-state index in [4.69, 9.17) is 45.1 Å². The topological polar surface area (TPSA) is 219 Å². The van der Waals surface area contributed by atoms with E-state index >= 15 is 0 Å². The Morgan fingerprint density at radius 3 is 1.38 bits per heavy atom. The summed E-state index contributed by atoms with van der Waals surface area (Å²) < 4.78 is 54.7. The minimum Gasteiger partial charge on any atom is -0.490 e. The van der Waals surface area contributed by atoms with Crippen LogP contribution in [0.3, 0.4) is 0 Å². The van der Waals surface area contributed by atoms with E-state index in [0.717, 1.165) is 28.5 Å². The van der Waals surface area contributed by atoms with E-state index in [9.17, 15) is 22.8 Å². The van der Waals surface area contributed by atoms with Crippen LogP contribution in [0.25, 0.3) is 0 Å². The van der Waals surface area contributed by atoms with Crippen LogP contribution >= 0.6 is 0 Å². The first kappa shape index (κ1) is 41.9. The van der Waals surface area contributed by atoms with E-state index in [1.807, 2.05) is 42.5 Å². The second-order valence-electron chi connectivity index (χ2n) is 13.0. The molecule has 0 bridgehead atoms. The maximum Gasteiger partial charge on any atom is 0.320 e. The molecule has 52 heavy (non-hydrogen) atoms. The van der Waals surface area contributed by atoms with Crippen molar-refractivity contribution in [2.24, 2.45) is 17.2 Å². The van der Waals surface area contributed by atoms with Crippen molar-refractivity contribution in [2.75, 3.05) is 52.3 Å². The summed E-state index contributed by atoms with van der Waals surface area (Å²) in [5.74, 6) is -0.959. The number of carbonyl (C=O) groups is 3. The normalized spacial score (nSPS) is 13.1. The number of hydrogen-bond donors (Lipinski definition) is 3. The molecule has 0 saturated carbocycles. The average molecular weight is 744 g/mol. The van der Waals surface area contributed by atoms with Crippen LogP contribution in [-0.2, 0) is 53.7 Å². The van der Waals surface area contributed by atoms with E-state index in [0.29, 0.717) is 11.5 Å². The second kappa shape index (κ2) is 18.8. The molecule has 3 aromatic carbocycles. The van der Waals surface area contributed by atoms with Gasteiger partial charge in [-0.15, -0.1) is 0 Å². The molecule has 284 valence electrons. The lowest BCUT2D eigenvalue weighted by Crippen LogP contribution is -2.34. The summed E-state index contributed by atoms with van der Waals surface area (Å²) in [6.45, 7) is 6.73. The van der Waals surface area contributed by atoms with Crippen LogP contribution in [0.1, 0.15) is 49.9 Å². The van der Waals surface area contributed by atoms with Crippen LogP contribution in [0.5, 0.6) is 11.5 Å². The van der Waals surface area contributed by atoms with Gasteiger partial charge in [0.2, 0.25) is 0 Å². The number of carbonyl (C=O) groups excluding carboxylic acids is 3. The predicted molar refractivity (Wildman–Crippen MR) is 193 cm³/mol. The van der Waals surface area contributed by atoms with Crippen molar-refractivity contribution in [3.8, 4) is 11.5 Å². The highest BCUT2D eigenvalue weighted by Gasteiger charge is 2.28. The van der Waals surface area contributed by atoms with Crippen LogP contribution in [0, 0.1) is 0 Å². The molecule has 0 amide bonds. The van der Waals surface area contributed by atoms with E-state index < -0.39 is 52.3 Å². The molecule has 3 rings (SSSR count). The van der Waals surface area contributed by atoms with E-state index in [2.05, 4.69) is 45.9 Å². The van der Waals surface area contributed by atoms with Crippen molar-refractivity contribution in [1.82, 2.24) is 0 Å². The monoisotopic (exact) mass is 743 g/mol. The fourth-order valence-electron chi connectivity index (χ4n) is 5.09. The molecule has 3 aromatic rings. The van der Waals surface area contributed by atoms with Crippen LogP contribution in [-0.4, -0.2) is 90.9 Å². The molecule has 15 heteroatoms. The maximum atomic E-state index is 11.7. The third kappa shape index (κ3) is 12.6. The fraction of sp³-hybridized carbons (Fsp3) is 0.432. The molecule has 0 fully saturated rings. The first-order valence-corrected chi connectivity index (χ1v) is 18.4. The van der Waals surface area contributed by atoms with E-state index in [1.165, 1.54) is 0 Å². The van der Waals surface area contributed by atoms with Crippen LogP contribution in [0.4, 0.5) is 0 Å². The summed E-state index contributed by atoms with van der Waals surface area (Å²) in [5.41, 5.74) is 19.4. The molecular formula is C37H49N3O11S. The minimum atomic E-state index is -3.75. The lowest BCUT2D eigenvalue weighted by Gasteiger charge is -2.31. The van der Waals surface area contributed by atoms with Crippen molar-refractivity contribution < 1.29 is 50.7 Å². The van der Waals surface area contributed by atoms with Gasteiger partial charge in [-0.05, 0) is 46.5 Å². The highest BCUT2D eigenvalue weighted by atomic mass is 32.2. The zero-order valence-corrected chi connectivity index (χ0v) is 31.0. The summed E-state index contributed by atoms with van der Waals surface area (Å²) in [5, 5.41) is 0. The lowest BCUT2D eigenvalue weighted by molar-refractivity contribution is -0.158. The fourth-order valence-corrected chi connectivity index (χ4v) is 5.49. The number of ether oxygens (including phenoxy) is 5. The number of nitrogens with two attached hydrogens (primary N) is 3. The number of rotatable bonds is 20. The van der Waals surface area contributed by atoms with Gasteiger partial charge < -0.3 is 40.9 Å². The molecular weight excluding hydrogens is 694 g/mol. The van der Waals surface area contributed by atoms with Gasteiger partial charge in [-0.2, -0.15) is 8.42 Å². The summed E-state index contributed by atoms with van der Waals surface area (Å²) in [4.78, 5) is 34.9. The lowest BCUT2D eigenvalue weighted by atomic mass is 9.73. The predicted octanol–water partition coefficient (Wildman–Crippen LogP) is 2.32. The Kier molecular flexibility index (Phi) is 15.1. The third-order valence-electron chi connectivity index (χ3n) is 8.32. The van der Waals surface area contributed by atoms with Gasteiger partial charge in [0.25, 0.3) is 10.1 Å². The Hall–Kier alpha value is -4.54. The summed E-state index contributed by atoms with van der Waals surface area (Å²) in [6, 6.07) is 23.5. The van der Waals surface area contributed by atoms with E-state index in [-0.39, 0.29) is 44.9 Å². The molecule has 0 aliphatic carbocycles. The molecule has 0 aliphatic heterocycles. The van der Waals surface area contributed by atoms with Gasteiger partial charge in [0.1, 0.15) is 37.9 Å². The zero-order chi connectivity index (χ0) is 38.5. The quantitative estimate of drug-likeness (QED) is 0.0860. The average Bonchev–Trinajstić information content (AvgIpc) is 3.13. The first-order valence-electron chi connectivity index (χ1n) is 16.5. The van der Waals surface area contributed by atoms with Gasteiger partial charge in [-0.25, -0.2) is 0 Å². The van der Waals surface area contributed by atoms with Crippen molar-refractivity contribution in [1.29, 1.82) is 0 Å². The molecule has 14 nitrogen and oxygen atoms in total. The Balaban J connectivity index is 1.70. The standard InChI is InChI=1S/C37H49N3O11S/c1-36(2,25-9-13-29(14-10-25)46-21-31(50-34(42)19-39)23-48-33(41)18-38)27-7-6-8-28(17-27)37(3,4)26-11-15-30(16-12-26)47-22-32(51-35(43)20-40)24-49-52(5,44)45/h6-17,31-32H,18-24,38-40H2,1-5H3. The number of esters is 3. The summed E-state index contributed by atoms with van der Waals surface area (Å²) >= 11 is 0. The molecule has 0 saturated heterocycles. The van der Waals surface area contributed by atoms with Gasteiger partial charge in [-0.1, -0.05) is 76.2 Å². The van der Waals surface area contributed by atoms with Crippen molar-refractivity contribution in [2.45, 2.75) is 50.7 Å². The third-order valence-corrected chi connectivity index (χ3v) is 8.89. The highest BCUT2D eigenvalue weighted by molar-refractivity contribution is 7.85. The molecule has 0 radical (unpaired) electrons. The highest BCUT2D eigenvalue weighted by Crippen LogP contribution is 2.37. The largest absolute Gasteiger partial charge is 0.490 e. The van der Waals surface area contributed by atoms with Crippen molar-refractivity contribution >= 4 is 28.0 Å². The minimum absolute atomic E-state index is 0.0539. The van der Waals surface area contributed by atoms with Crippen LogP contribution < -0.4 is 26.7 Å². The summed E-state index contributed by atoms with van der Waals surface area (Å²) in [6.07, 6.45) is -0.927. The van der Waals surface area contributed by atoms with Crippen LogP contribution in [0.2, 0.25) is 0 Å². The van der Waals surface area contributed by atoms with Gasteiger partial charge in [0, 0.05) is 10.8 Å². The first-order chi connectivity index (χ1) is 24.5. The zero-order valence-electron chi connectivity index (χ0n) is 30.2. The molecule has 0 aliphatic rings. The van der Waals surface area contributed by atoms with Crippen LogP contribution in [0.15, 0.2) is 72.8 Å². The molecule has 2 unspecified atom stereocenters. The second-order valence-corrected chi connectivity index (χ2v) is 14.7. The SMILES string of the molecule is CC(C)(c1ccc(OCC(COC(=O)CN)OC(=O)CN)cc1)c1cccc(C(C)(C)c2ccc(OCC(COS(C)(=O)=O)OC(=O)CN)cc2)c1. The molecule has 0 heterocycles. The number of hydrogen-bond acceptors (Lipinski definition) is 14. The van der Waals surface area contributed by atoms with Gasteiger partial charge in [0.15, 0.2) is 12.2 Å². The molecule has 0 aromatic heterocycles. The maximum absolute atomic E-state index is 11.7. The Bertz CT molecular complexity index is 1750. The smallest absolute Gasteiger partial charge is 0.320 e. The summed E-state index contributed by atoms with van der Waals surface area (Å²) in [7, 11) is -3.75.